The maximum atomic E-state index is 11.3. The van der Waals surface area contributed by atoms with Gasteiger partial charge in [0.25, 0.3) is 0 Å². The van der Waals surface area contributed by atoms with Gasteiger partial charge in [-0.2, -0.15) is 0 Å². The molecule has 1 aliphatic heterocycles. The van der Waals surface area contributed by atoms with E-state index in [-0.39, 0.29) is 0 Å². The van der Waals surface area contributed by atoms with Gasteiger partial charge >= 0.3 is 5.97 Å². The summed E-state index contributed by atoms with van der Waals surface area (Å²) in [7, 11) is 0. The Kier molecular flexibility index (Phi) is 3.52. The minimum Gasteiger partial charge on any atom is -0.478 e. The third kappa shape index (κ3) is 2.84. The molecule has 3 rings (SSSR count). The van der Waals surface area contributed by atoms with Crippen LogP contribution in [0.5, 0.6) is 5.75 Å². The van der Waals surface area contributed by atoms with Crippen LogP contribution < -0.4 is 9.64 Å². The number of carboxylic acids is 1. The number of hydrogen-bond acceptors (Lipinski definition) is 3. The van der Waals surface area contributed by atoms with Crippen molar-refractivity contribution < 1.29 is 14.6 Å². The molecular formula is C17H17NO3. The zero-order chi connectivity index (χ0) is 14.8. The standard InChI is InChI=1S/C17H17NO3/c1-12-6-8-13(9-7-12)10-18-11-16(17(19)20)21-15-5-3-2-4-14(15)18/h2-9,16H,10-11H2,1H3,(H,19,20)/t16-/m1/s1. The summed E-state index contributed by atoms with van der Waals surface area (Å²) in [6.07, 6.45) is -0.828. The quantitative estimate of drug-likeness (QED) is 0.941. The molecule has 2 aromatic carbocycles. The fourth-order valence-electron chi connectivity index (χ4n) is 2.50. The number of carboxylic acid groups (broad SMARTS) is 1. The molecule has 0 fully saturated rings. The molecule has 1 heterocycles. The number of nitrogens with zero attached hydrogens (tertiary/aromatic N) is 1. The van der Waals surface area contributed by atoms with E-state index in [0.717, 1.165) is 11.3 Å². The number of aliphatic carboxylic acids is 1. The molecule has 4 nitrogen and oxygen atoms in total. The summed E-state index contributed by atoms with van der Waals surface area (Å²) >= 11 is 0. The van der Waals surface area contributed by atoms with E-state index in [9.17, 15) is 9.90 Å². The van der Waals surface area contributed by atoms with Crippen LogP contribution in [0.1, 0.15) is 11.1 Å². The SMILES string of the molecule is Cc1ccc(CN2C[C@H](C(=O)O)Oc3ccccc32)cc1. The largest absolute Gasteiger partial charge is 0.478 e. The van der Waals surface area contributed by atoms with Crippen molar-refractivity contribution in [2.75, 3.05) is 11.4 Å². The molecule has 0 saturated carbocycles. The third-order valence-corrected chi connectivity index (χ3v) is 3.63. The normalized spacial score (nSPS) is 17.0. The second-order valence-electron chi connectivity index (χ2n) is 5.28. The lowest BCUT2D eigenvalue weighted by molar-refractivity contribution is -0.144. The predicted octanol–water partition coefficient (Wildman–Crippen LogP) is 2.85. The summed E-state index contributed by atoms with van der Waals surface area (Å²) in [5, 5.41) is 9.23. The molecule has 0 spiro atoms. The average molecular weight is 283 g/mol. The molecule has 1 atom stereocenters. The minimum absolute atomic E-state index is 0.347. The Morgan fingerprint density at radius 3 is 2.67 bits per heavy atom. The van der Waals surface area contributed by atoms with E-state index in [1.807, 2.05) is 31.2 Å². The van der Waals surface area contributed by atoms with Gasteiger partial charge in [-0.3, -0.25) is 0 Å². The maximum absolute atomic E-state index is 11.3. The van der Waals surface area contributed by atoms with Crippen LogP contribution in [-0.4, -0.2) is 23.7 Å². The molecule has 0 amide bonds. The van der Waals surface area contributed by atoms with Crippen LogP contribution in [0.3, 0.4) is 0 Å². The van der Waals surface area contributed by atoms with Crippen molar-refractivity contribution in [1.82, 2.24) is 0 Å². The zero-order valence-corrected chi connectivity index (χ0v) is 11.8. The number of anilines is 1. The summed E-state index contributed by atoms with van der Waals surface area (Å²) < 4.78 is 5.54. The number of carbonyl (C=O) groups is 1. The highest BCUT2D eigenvalue weighted by atomic mass is 16.5. The Hall–Kier alpha value is -2.49. The number of para-hydroxylation sites is 2. The first kappa shape index (κ1) is 13.5. The summed E-state index contributed by atoms with van der Waals surface area (Å²) in [6, 6.07) is 15.8. The van der Waals surface area contributed by atoms with Gasteiger partial charge in [-0.1, -0.05) is 42.0 Å². The number of hydrogen-bond donors (Lipinski definition) is 1. The number of rotatable bonds is 3. The summed E-state index contributed by atoms with van der Waals surface area (Å²) in [6.45, 7) is 3.07. The Balaban J connectivity index is 1.89. The van der Waals surface area contributed by atoms with Crippen molar-refractivity contribution in [3.8, 4) is 5.75 Å². The predicted molar refractivity (Wildman–Crippen MR) is 80.7 cm³/mol. The number of benzene rings is 2. The number of fused-ring (bicyclic) bond motifs is 1. The van der Waals surface area contributed by atoms with Gasteiger partial charge in [0.1, 0.15) is 5.75 Å². The smallest absolute Gasteiger partial charge is 0.346 e. The molecule has 0 aromatic heterocycles. The molecule has 0 radical (unpaired) electrons. The summed E-state index contributed by atoms with van der Waals surface area (Å²) in [5.41, 5.74) is 3.31. The van der Waals surface area contributed by atoms with Crippen molar-refractivity contribution in [2.45, 2.75) is 19.6 Å². The Labute approximate surface area is 123 Å². The van der Waals surface area contributed by atoms with Crippen molar-refractivity contribution in [2.24, 2.45) is 0 Å². The van der Waals surface area contributed by atoms with Crippen molar-refractivity contribution >= 4 is 11.7 Å². The van der Waals surface area contributed by atoms with Crippen LogP contribution in [0.25, 0.3) is 0 Å². The molecule has 1 N–H and O–H groups in total. The van der Waals surface area contributed by atoms with Crippen LogP contribution in [0, 0.1) is 6.92 Å². The maximum Gasteiger partial charge on any atom is 0.346 e. The van der Waals surface area contributed by atoms with Crippen LogP contribution >= 0.6 is 0 Å². The highest BCUT2D eigenvalue weighted by molar-refractivity contribution is 5.76. The lowest BCUT2D eigenvalue weighted by Crippen LogP contribution is -2.44. The fraction of sp³-hybridized carbons (Fsp3) is 0.235. The van der Waals surface area contributed by atoms with E-state index < -0.39 is 12.1 Å². The highest BCUT2D eigenvalue weighted by Gasteiger charge is 2.30. The molecule has 108 valence electrons. The Morgan fingerprint density at radius 2 is 1.95 bits per heavy atom. The number of aryl methyl sites for hydroxylation is 1. The Bertz CT molecular complexity index is 651. The van der Waals surface area contributed by atoms with Crippen LogP contribution in [0.4, 0.5) is 5.69 Å². The van der Waals surface area contributed by atoms with Crippen molar-refractivity contribution in [3.05, 3.63) is 59.7 Å². The molecule has 21 heavy (non-hydrogen) atoms. The molecule has 0 saturated heterocycles. The molecule has 4 heteroatoms. The Morgan fingerprint density at radius 1 is 1.24 bits per heavy atom. The highest BCUT2D eigenvalue weighted by Crippen LogP contribution is 2.34. The van der Waals surface area contributed by atoms with E-state index in [1.165, 1.54) is 5.56 Å². The van der Waals surface area contributed by atoms with Gasteiger partial charge in [0.2, 0.25) is 6.10 Å². The second kappa shape index (κ2) is 5.48. The van der Waals surface area contributed by atoms with Crippen LogP contribution in [0.15, 0.2) is 48.5 Å². The van der Waals surface area contributed by atoms with Gasteiger partial charge in [-0.25, -0.2) is 4.79 Å². The van der Waals surface area contributed by atoms with Gasteiger partial charge in [-0.05, 0) is 24.6 Å². The summed E-state index contributed by atoms with van der Waals surface area (Å²) in [4.78, 5) is 13.3. The molecular weight excluding hydrogens is 266 g/mol. The van der Waals surface area contributed by atoms with E-state index in [1.54, 1.807) is 0 Å². The van der Waals surface area contributed by atoms with Gasteiger partial charge in [-0.15, -0.1) is 0 Å². The summed E-state index contributed by atoms with van der Waals surface area (Å²) in [5.74, 6) is -0.304. The number of ether oxygens (including phenoxy) is 1. The molecule has 0 unspecified atom stereocenters. The molecule has 0 bridgehead atoms. The van der Waals surface area contributed by atoms with Crippen molar-refractivity contribution in [1.29, 1.82) is 0 Å². The third-order valence-electron chi connectivity index (χ3n) is 3.63. The lowest BCUT2D eigenvalue weighted by Gasteiger charge is -2.34. The first-order valence-electron chi connectivity index (χ1n) is 6.92. The average Bonchev–Trinajstić information content (AvgIpc) is 2.49. The van der Waals surface area contributed by atoms with Gasteiger partial charge in [0.05, 0.1) is 12.2 Å². The topological polar surface area (TPSA) is 49.8 Å². The van der Waals surface area contributed by atoms with Gasteiger partial charge in [0, 0.05) is 6.54 Å². The van der Waals surface area contributed by atoms with Gasteiger partial charge in [0.15, 0.2) is 0 Å². The van der Waals surface area contributed by atoms with E-state index in [4.69, 9.17) is 4.74 Å². The van der Waals surface area contributed by atoms with Crippen LogP contribution in [0.2, 0.25) is 0 Å². The first-order valence-corrected chi connectivity index (χ1v) is 6.92. The monoisotopic (exact) mass is 283 g/mol. The minimum atomic E-state index is -0.932. The van der Waals surface area contributed by atoms with Crippen molar-refractivity contribution in [3.63, 3.8) is 0 Å². The van der Waals surface area contributed by atoms with Crippen LogP contribution in [-0.2, 0) is 11.3 Å². The molecule has 0 aliphatic carbocycles. The molecule has 2 aromatic rings. The van der Waals surface area contributed by atoms with Gasteiger partial charge < -0.3 is 14.7 Å². The first-order chi connectivity index (χ1) is 10.1. The van der Waals surface area contributed by atoms with E-state index >= 15 is 0 Å². The lowest BCUT2D eigenvalue weighted by atomic mass is 10.1. The van der Waals surface area contributed by atoms with E-state index in [2.05, 4.69) is 29.2 Å². The zero-order valence-electron chi connectivity index (χ0n) is 11.8. The second-order valence-corrected chi connectivity index (χ2v) is 5.28. The molecule has 1 aliphatic rings. The fourth-order valence-corrected chi connectivity index (χ4v) is 2.50. The van der Waals surface area contributed by atoms with E-state index in [0.29, 0.717) is 18.8 Å².